The molecule has 5 nitrogen and oxygen atoms in total. The molecule has 26 heavy (non-hydrogen) atoms. The summed E-state index contributed by atoms with van der Waals surface area (Å²) >= 11 is 6.24. The van der Waals surface area contributed by atoms with Crippen molar-refractivity contribution in [3.8, 4) is 0 Å². The van der Waals surface area contributed by atoms with Crippen LogP contribution in [0.25, 0.3) is 0 Å². The van der Waals surface area contributed by atoms with E-state index in [1.807, 2.05) is 0 Å². The Morgan fingerprint density at radius 1 is 1.27 bits per heavy atom. The van der Waals surface area contributed by atoms with Gasteiger partial charge in [-0.15, -0.1) is 0 Å². The molecule has 2 fully saturated rings. The highest BCUT2D eigenvalue weighted by molar-refractivity contribution is 6.34. The molecule has 6 heteroatoms. The van der Waals surface area contributed by atoms with Gasteiger partial charge in [0, 0.05) is 37.7 Å². The molecule has 0 aromatic heterocycles. The van der Waals surface area contributed by atoms with Gasteiger partial charge in [0.25, 0.3) is 5.91 Å². The summed E-state index contributed by atoms with van der Waals surface area (Å²) in [6, 6.07) is 5.80. The number of carbonyl (C=O) groups excluding carboxylic acids is 2. The summed E-state index contributed by atoms with van der Waals surface area (Å²) in [4.78, 5) is 28.6. The van der Waals surface area contributed by atoms with Gasteiger partial charge in [-0.25, -0.2) is 0 Å². The van der Waals surface area contributed by atoms with Crippen molar-refractivity contribution in [2.45, 2.75) is 51.5 Å². The summed E-state index contributed by atoms with van der Waals surface area (Å²) in [7, 11) is 0. The van der Waals surface area contributed by atoms with Crippen molar-refractivity contribution >= 4 is 29.1 Å². The Kier molecular flexibility index (Phi) is 6.54. The van der Waals surface area contributed by atoms with E-state index in [1.165, 1.54) is 25.8 Å². The summed E-state index contributed by atoms with van der Waals surface area (Å²) < 4.78 is 0. The monoisotopic (exact) mass is 377 g/mol. The van der Waals surface area contributed by atoms with Crippen molar-refractivity contribution in [1.29, 1.82) is 0 Å². The van der Waals surface area contributed by atoms with E-state index in [9.17, 15) is 9.59 Å². The van der Waals surface area contributed by atoms with E-state index in [2.05, 4.69) is 17.1 Å². The molecule has 0 saturated carbocycles. The maximum Gasteiger partial charge on any atom is 0.251 e. The van der Waals surface area contributed by atoms with Gasteiger partial charge in [0.05, 0.1) is 10.7 Å². The van der Waals surface area contributed by atoms with E-state index >= 15 is 0 Å². The number of benzene rings is 1. The number of anilines is 1. The van der Waals surface area contributed by atoms with E-state index in [-0.39, 0.29) is 11.8 Å². The fourth-order valence-electron chi connectivity index (χ4n) is 3.84. The fraction of sp³-hybridized carbons (Fsp3) is 0.600. The number of hydrogen-bond donors (Lipinski definition) is 1. The minimum absolute atomic E-state index is 0.0695. The van der Waals surface area contributed by atoms with E-state index in [4.69, 9.17) is 11.6 Å². The second-order valence-electron chi connectivity index (χ2n) is 7.31. The molecule has 0 unspecified atom stereocenters. The van der Waals surface area contributed by atoms with Crippen molar-refractivity contribution in [2.24, 2.45) is 0 Å². The van der Waals surface area contributed by atoms with Crippen LogP contribution in [0.15, 0.2) is 18.2 Å². The number of hydrogen-bond acceptors (Lipinski definition) is 3. The molecule has 2 amide bonds. The first-order valence-electron chi connectivity index (χ1n) is 9.68. The van der Waals surface area contributed by atoms with Gasteiger partial charge in [-0.3, -0.25) is 9.59 Å². The number of likely N-dealkylation sites (tertiary alicyclic amines) is 1. The van der Waals surface area contributed by atoms with Crippen LogP contribution in [0, 0.1) is 0 Å². The largest absolute Gasteiger partial charge is 0.352 e. The summed E-state index contributed by atoms with van der Waals surface area (Å²) in [5.74, 6) is -0.0404. The predicted octanol–water partition coefficient (Wildman–Crippen LogP) is 3.46. The van der Waals surface area contributed by atoms with Crippen molar-refractivity contribution in [2.75, 3.05) is 31.1 Å². The lowest BCUT2D eigenvalue weighted by Crippen LogP contribution is -2.39. The van der Waals surface area contributed by atoms with Crippen molar-refractivity contribution in [1.82, 2.24) is 10.2 Å². The second-order valence-corrected chi connectivity index (χ2v) is 7.71. The fourth-order valence-corrected chi connectivity index (χ4v) is 4.06. The Morgan fingerprint density at radius 3 is 2.85 bits per heavy atom. The van der Waals surface area contributed by atoms with Crippen molar-refractivity contribution in [3.63, 3.8) is 0 Å². The third-order valence-corrected chi connectivity index (χ3v) is 5.74. The first-order valence-corrected chi connectivity index (χ1v) is 10.1. The summed E-state index contributed by atoms with van der Waals surface area (Å²) in [5.41, 5.74) is 1.19. The topological polar surface area (TPSA) is 52.7 Å². The van der Waals surface area contributed by atoms with Gasteiger partial charge in [0.15, 0.2) is 0 Å². The highest BCUT2D eigenvalue weighted by Gasteiger charge is 2.24. The first-order chi connectivity index (χ1) is 12.6. The molecule has 1 aromatic carbocycles. The highest BCUT2D eigenvalue weighted by atomic mass is 35.5. The molecule has 142 valence electrons. The maximum atomic E-state index is 12.4. The molecule has 3 rings (SSSR count). The number of amides is 2. The van der Waals surface area contributed by atoms with E-state index < -0.39 is 0 Å². The Balaban J connectivity index is 1.52. The van der Waals surface area contributed by atoms with Crippen LogP contribution in [0.2, 0.25) is 5.02 Å². The third-order valence-electron chi connectivity index (χ3n) is 5.42. The van der Waals surface area contributed by atoms with Crippen LogP contribution >= 0.6 is 11.6 Å². The smallest absolute Gasteiger partial charge is 0.251 e. The van der Waals surface area contributed by atoms with Gasteiger partial charge < -0.3 is 15.1 Å². The van der Waals surface area contributed by atoms with Crippen LogP contribution in [0.1, 0.15) is 55.8 Å². The van der Waals surface area contributed by atoms with Gasteiger partial charge in [-0.1, -0.05) is 18.0 Å². The van der Waals surface area contributed by atoms with Crippen LogP contribution in [-0.4, -0.2) is 48.9 Å². The number of piperidine rings is 1. The normalized spacial score (nSPS) is 21.2. The van der Waals surface area contributed by atoms with Gasteiger partial charge in [0.1, 0.15) is 0 Å². The quantitative estimate of drug-likeness (QED) is 0.772. The zero-order valence-corrected chi connectivity index (χ0v) is 16.2. The molecule has 2 aliphatic heterocycles. The summed E-state index contributed by atoms with van der Waals surface area (Å²) in [6.45, 7) is 5.79. The lowest BCUT2D eigenvalue weighted by molar-refractivity contribution is -0.117. The predicted molar refractivity (Wildman–Crippen MR) is 105 cm³/mol. The lowest BCUT2D eigenvalue weighted by Gasteiger charge is -2.33. The number of nitrogens with one attached hydrogen (secondary N) is 1. The van der Waals surface area contributed by atoms with Crippen LogP contribution in [0.5, 0.6) is 0 Å². The Labute approximate surface area is 160 Å². The number of nitrogens with zero attached hydrogens (tertiary/aromatic N) is 2. The molecule has 2 saturated heterocycles. The van der Waals surface area contributed by atoms with E-state index in [0.29, 0.717) is 41.8 Å². The molecule has 1 N–H and O–H groups in total. The minimum atomic E-state index is -0.110. The average molecular weight is 378 g/mol. The molecular formula is C20H28ClN3O2. The summed E-state index contributed by atoms with van der Waals surface area (Å²) in [5, 5.41) is 3.50. The number of halogens is 1. The Bertz CT molecular complexity index is 664. The van der Waals surface area contributed by atoms with Crippen LogP contribution in [0.3, 0.4) is 0 Å². The molecule has 0 bridgehead atoms. The molecule has 2 heterocycles. The first kappa shape index (κ1) is 19.2. The highest BCUT2D eigenvalue weighted by Crippen LogP contribution is 2.30. The summed E-state index contributed by atoms with van der Waals surface area (Å²) in [6.07, 6.45) is 6.20. The number of rotatable bonds is 6. The third kappa shape index (κ3) is 4.57. The van der Waals surface area contributed by atoms with Crippen LogP contribution in [-0.2, 0) is 4.79 Å². The van der Waals surface area contributed by atoms with Gasteiger partial charge in [0.2, 0.25) is 5.91 Å². The van der Waals surface area contributed by atoms with Gasteiger partial charge in [-0.05, 0) is 57.4 Å². The molecule has 2 aliphatic rings. The maximum absolute atomic E-state index is 12.4. The SMILES string of the molecule is C[C@H]1CCCCN1CCCNC(=O)c1ccc(Cl)c(N2CCCC2=O)c1. The zero-order valence-electron chi connectivity index (χ0n) is 15.5. The molecular weight excluding hydrogens is 350 g/mol. The van der Waals surface area contributed by atoms with Gasteiger partial charge in [-0.2, -0.15) is 0 Å². The average Bonchev–Trinajstić information content (AvgIpc) is 3.06. The lowest BCUT2D eigenvalue weighted by atomic mass is 10.0. The molecule has 0 aliphatic carbocycles. The van der Waals surface area contributed by atoms with Crippen LogP contribution in [0.4, 0.5) is 5.69 Å². The van der Waals surface area contributed by atoms with E-state index in [0.717, 1.165) is 19.4 Å². The van der Waals surface area contributed by atoms with Crippen LogP contribution < -0.4 is 10.2 Å². The second kappa shape index (κ2) is 8.87. The standard InChI is InChI=1S/C20H28ClN3O2/c1-15-6-2-3-11-23(15)12-5-10-22-20(26)16-8-9-17(21)18(14-16)24-13-4-7-19(24)25/h8-9,14-15H,2-7,10-13H2,1H3,(H,22,26)/t15-/m0/s1. The minimum Gasteiger partial charge on any atom is -0.352 e. The molecule has 0 radical (unpaired) electrons. The van der Waals surface area contributed by atoms with Crippen molar-refractivity contribution in [3.05, 3.63) is 28.8 Å². The van der Waals surface area contributed by atoms with Crippen molar-refractivity contribution < 1.29 is 9.59 Å². The van der Waals surface area contributed by atoms with Gasteiger partial charge >= 0.3 is 0 Å². The van der Waals surface area contributed by atoms with E-state index in [1.54, 1.807) is 23.1 Å². The Morgan fingerprint density at radius 2 is 2.12 bits per heavy atom. The molecule has 1 atom stereocenters. The zero-order chi connectivity index (χ0) is 18.5. The molecule has 1 aromatic rings. The number of carbonyl (C=O) groups is 2. The molecule has 0 spiro atoms. The Hall–Kier alpha value is -1.59.